The first-order valence-electron chi connectivity index (χ1n) is 6.41. The predicted molar refractivity (Wildman–Crippen MR) is 74.8 cm³/mol. The highest BCUT2D eigenvalue weighted by Gasteiger charge is 2.22. The number of amides is 2. The first kappa shape index (κ1) is 12.5. The average molecular weight is 270 g/mol. The molecule has 2 heterocycles. The van der Waals surface area contributed by atoms with Crippen LogP contribution in [0.3, 0.4) is 0 Å². The molecule has 5 heteroatoms. The molecule has 0 bridgehead atoms. The summed E-state index contributed by atoms with van der Waals surface area (Å²) in [5.74, 6) is -0.0329. The van der Waals surface area contributed by atoms with Crippen LogP contribution in [0.5, 0.6) is 0 Å². The van der Waals surface area contributed by atoms with Crippen LogP contribution in [0.1, 0.15) is 23.0 Å². The number of benzene rings is 1. The van der Waals surface area contributed by atoms with Gasteiger partial charge in [0.1, 0.15) is 0 Å². The smallest absolute Gasteiger partial charge is 0.291 e. The number of nitrogens with zero attached hydrogens (tertiary/aromatic N) is 1. The number of anilines is 2. The normalized spacial score (nSPS) is 13.2. The van der Waals surface area contributed by atoms with E-state index in [2.05, 4.69) is 5.32 Å². The van der Waals surface area contributed by atoms with Gasteiger partial charge in [-0.1, -0.05) is 6.07 Å². The molecule has 5 nitrogen and oxygen atoms in total. The minimum absolute atomic E-state index is 0.0123. The molecule has 2 amide bonds. The summed E-state index contributed by atoms with van der Waals surface area (Å²) in [5.41, 5.74) is 2.64. The van der Waals surface area contributed by atoms with E-state index in [0.29, 0.717) is 12.2 Å². The minimum Gasteiger partial charge on any atom is -0.459 e. The van der Waals surface area contributed by atoms with Crippen LogP contribution < -0.4 is 10.2 Å². The second kappa shape index (κ2) is 4.85. The summed E-state index contributed by atoms with van der Waals surface area (Å²) in [7, 11) is 0. The van der Waals surface area contributed by atoms with E-state index in [-0.39, 0.29) is 17.6 Å². The van der Waals surface area contributed by atoms with Gasteiger partial charge >= 0.3 is 0 Å². The molecule has 0 spiro atoms. The van der Waals surface area contributed by atoms with Crippen LogP contribution in [-0.4, -0.2) is 18.4 Å². The number of rotatable bonds is 2. The molecule has 1 aromatic carbocycles. The molecule has 1 aliphatic heterocycles. The second-order valence-corrected chi connectivity index (χ2v) is 4.70. The van der Waals surface area contributed by atoms with Crippen molar-refractivity contribution in [3.63, 3.8) is 0 Å². The van der Waals surface area contributed by atoms with Crippen molar-refractivity contribution in [2.24, 2.45) is 0 Å². The monoisotopic (exact) mass is 270 g/mol. The third-order valence-electron chi connectivity index (χ3n) is 3.36. The van der Waals surface area contributed by atoms with Gasteiger partial charge in [-0.25, -0.2) is 0 Å². The summed E-state index contributed by atoms with van der Waals surface area (Å²) in [6, 6.07) is 8.86. The van der Waals surface area contributed by atoms with Gasteiger partial charge < -0.3 is 14.6 Å². The summed E-state index contributed by atoms with van der Waals surface area (Å²) in [6.07, 6.45) is 2.30. The molecule has 1 N–H and O–H groups in total. The standard InChI is InChI=1S/C15H14N2O3/c1-10(18)17-7-6-11-4-5-12(9-13(11)17)16-15(19)14-3-2-8-20-14/h2-5,8-9H,6-7H2,1H3,(H,16,19). The fraction of sp³-hybridized carbons (Fsp3) is 0.200. The Balaban J connectivity index is 1.84. The third kappa shape index (κ3) is 2.18. The van der Waals surface area contributed by atoms with E-state index >= 15 is 0 Å². The van der Waals surface area contributed by atoms with Crippen molar-refractivity contribution in [2.45, 2.75) is 13.3 Å². The van der Waals surface area contributed by atoms with Crippen LogP contribution in [-0.2, 0) is 11.2 Å². The van der Waals surface area contributed by atoms with Gasteiger partial charge in [0, 0.05) is 24.8 Å². The van der Waals surface area contributed by atoms with Gasteiger partial charge in [-0.15, -0.1) is 0 Å². The van der Waals surface area contributed by atoms with Crippen LogP contribution in [0.2, 0.25) is 0 Å². The Morgan fingerprint density at radius 1 is 1.30 bits per heavy atom. The topological polar surface area (TPSA) is 62.6 Å². The third-order valence-corrected chi connectivity index (χ3v) is 3.36. The van der Waals surface area contributed by atoms with E-state index in [1.807, 2.05) is 18.2 Å². The van der Waals surface area contributed by atoms with E-state index in [1.165, 1.54) is 6.26 Å². The molecule has 3 rings (SSSR count). The van der Waals surface area contributed by atoms with E-state index < -0.39 is 0 Å². The zero-order valence-corrected chi connectivity index (χ0v) is 11.1. The minimum atomic E-state index is -0.303. The first-order chi connectivity index (χ1) is 9.65. The fourth-order valence-corrected chi connectivity index (χ4v) is 2.38. The number of hydrogen-bond donors (Lipinski definition) is 1. The maximum absolute atomic E-state index is 11.9. The van der Waals surface area contributed by atoms with E-state index in [9.17, 15) is 9.59 Å². The summed E-state index contributed by atoms with van der Waals surface area (Å²) >= 11 is 0. The van der Waals surface area contributed by atoms with Crippen LogP contribution >= 0.6 is 0 Å². The Labute approximate surface area is 116 Å². The number of carbonyl (C=O) groups excluding carboxylic acids is 2. The number of nitrogens with one attached hydrogen (secondary N) is 1. The second-order valence-electron chi connectivity index (χ2n) is 4.70. The highest BCUT2D eigenvalue weighted by molar-refractivity contribution is 6.03. The van der Waals surface area contributed by atoms with Gasteiger partial charge in [-0.05, 0) is 36.2 Å². The van der Waals surface area contributed by atoms with Crippen molar-refractivity contribution in [1.82, 2.24) is 0 Å². The zero-order chi connectivity index (χ0) is 14.1. The molecule has 0 saturated heterocycles. The molecule has 2 aromatic rings. The molecule has 0 aliphatic carbocycles. The number of carbonyl (C=O) groups is 2. The molecule has 0 unspecified atom stereocenters. The maximum atomic E-state index is 11.9. The van der Waals surface area contributed by atoms with Crippen molar-refractivity contribution in [3.05, 3.63) is 47.9 Å². The summed E-state index contributed by atoms with van der Waals surface area (Å²) < 4.78 is 5.04. The molecule has 1 aliphatic rings. The largest absolute Gasteiger partial charge is 0.459 e. The van der Waals surface area contributed by atoms with E-state index in [4.69, 9.17) is 4.42 Å². The zero-order valence-electron chi connectivity index (χ0n) is 11.1. The maximum Gasteiger partial charge on any atom is 0.291 e. The molecule has 20 heavy (non-hydrogen) atoms. The summed E-state index contributed by atoms with van der Waals surface area (Å²) in [4.78, 5) is 25.2. The van der Waals surface area contributed by atoms with Gasteiger partial charge in [-0.2, -0.15) is 0 Å². The number of hydrogen-bond acceptors (Lipinski definition) is 3. The van der Waals surface area contributed by atoms with Crippen molar-refractivity contribution in [1.29, 1.82) is 0 Å². The summed E-state index contributed by atoms with van der Waals surface area (Å²) in [6.45, 7) is 2.24. The first-order valence-corrected chi connectivity index (χ1v) is 6.41. The molecule has 0 radical (unpaired) electrons. The average Bonchev–Trinajstić information content (AvgIpc) is 3.07. The Morgan fingerprint density at radius 2 is 2.15 bits per heavy atom. The lowest BCUT2D eigenvalue weighted by Gasteiger charge is -2.15. The lowest BCUT2D eigenvalue weighted by atomic mass is 10.1. The van der Waals surface area contributed by atoms with Crippen LogP contribution in [0.4, 0.5) is 11.4 Å². The van der Waals surface area contributed by atoms with Crippen LogP contribution in [0, 0.1) is 0 Å². The number of fused-ring (bicyclic) bond motifs is 1. The molecule has 0 atom stereocenters. The molecule has 0 fully saturated rings. The fourth-order valence-electron chi connectivity index (χ4n) is 2.38. The van der Waals surface area contributed by atoms with Crippen LogP contribution in [0.15, 0.2) is 41.0 Å². The van der Waals surface area contributed by atoms with E-state index in [0.717, 1.165) is 17.7 Å². The molecular formula is C15H14N2O3. The van der Waals surface area contributed by atoms with Gasteiger partial charge in [0.05, 0.1) is 6.26 Å². The van der Waals surface area contributed by atoms with Gasteiger partial charge in [0.2, 0.25) is 5.91 Å². The van der Waals surface area contributed by atoms with Crippen molar-refractivity contribution >= 4 is 23.2 Å². The summed E-state index contributed by atoms with van der Waals surface area (Å²) in [5, 5.41) is 2.76. The molecular weight excluding hydrogens is 256 g/mol. The Hall–Kier alpha value is -2.56. The van der Waals surface area contributed by atoms with Gasteiger partial charge in [0.15, 0.2) is 5.76 Å². The van der Waals surface area contributed by atoms with Crippen LogP contribution in [0.25, 0.3) is 0 Å². The van der Waals surface area contributed by atoms with Gasteiger partial charge in [-0.3, -0.25) is 9.59 Å². The van der Waals surface area contributed by atoms with E-state index in [1.54, 1.807) is 24.0 Å². The Bertz CT molecular complexity index is 662. The molecule has 1 aromatic heterocycles. The number of furan rings is 1. The molecule has 0 saturated carbocycles. The van der Waals surface area contributed by atoms with Crippen molar-refractivity contribution in [3.8, 4) is 0 Å². The molecule has 102 valence electrons. The predicted octanol–water partition coefficient (Wildman–Crippen LogP) is 2.44. The van der Waals surface area contributed by atoms with Gasteiger partial charge in [0.25, 0.3) is 5.91 Å². The SMILES string of the molecule is CC(=O)N1CCc2ccc(NC(=O)c3ccco3)cc21. The van der Waals surface area contributed by atoms with Crippen molar-refractivity contribution < 1.29 is 14.0 Å². The lowest BCUT2D eigenvalue weighted by Crippen LogP contribution is -2.25. The highest BCUT2D eigenvalue weighted by Crippen LogP contribution is 2.31. The lowest BCUT2D eigenvalue weighted by molar-refractivity contribution is -0.116. The van der Waals surface area contributed by atoms with Crippen molar-refractivity contribution in [2.75, 3.05) is 16.8 Å². The highest BCUT2D eigenvalue weighted by atomic mass is 16.3. The Morgan fingerprint density at radius 3 is 2.85 bits per heavy atom. The Kier molecular flexibility index (Phi) is 3.02. The quantitative estimate of drug-likeness (QED) is 0.911.